The minimum absolute atomic E-state index is 0.00183. The van der Waals surface area contributed by atoms with Crippen molar-refractivity contribution in [1.82, 2.24) is 29.9 Å². The first kappa shape index (κ1) is 18.8. The van der Waals surface area contributed by atoms with Crippen LogP contribution in [0.5, 0.6) is 0 Å². The van der Waals surface area contributed by atoms with Gasteiger partial charge in [-0.1, -0.05) is 19.3 Å². The molecule has 1 saturated carbocycles. The Kier molecular flexibility index (Phi) is 4.91. The molecule has 0 unspecified atom stereocenters. The second-order valence-corrected chi connectivity index (χ2v) is 8.95. The standard InChI is InChI=1S/C21H30N6O2/c1-25-13-18-23-24-19(20(28)22-16-6-3-2-4-7-16)27(18)15-21(25)9-10-26(14-21)12-17-8-5-11-29-17/h5,8,11,16H,2-4,6-7,9-10,12-15H2,1H3,(H,22,28)/t21-/m0/s1. The number of carbonyl (C=O) groups excluding carboxylic acids is 1. The molecule has 0 radical (unpaired) electrons. The summed E-state index contributed by atoms with van der Waals surface area (Å²) < 4.78 is 7.60. The Morgan fingerprint density at radius 1 is 1.28 bits per heavy atom. The Morgan fingerprint density at radius 2 is 2.14 bits per heavy atom. The highest BCUT2D eigenvalue weighted by atomic mass is 16.3. The monoisotopic (exact) mass is 398 g/mol. The first-order valence-electron chi connectivity index (χ1n) is 10.8. The molecular formula is C21H30N6O2. The van der Waals surface area contributed by atoms with Gasteiger partial charge in [0.15, 0.2) is 0 Å². The van der Waals surface area contributed by atoms with Gasteiger partial charge in [0, 0.05) is 25.7 Å². The van der Waals surface area contributed by atoms with E-state index < -0.39 is 0 Å². The first-order chi connectivity index (χ1) is 14.1. The molecule has 1 N–H and O–H groups in total. The average molecular weight is 399 g/mol. The lowest BCUT2D eigenvalue weighted by molar-refractivity contribution is 0.0639. The van der Waals surface area contributed by atoms with Crippen molar-refractivity contribution >= 4 is 5.91 Å². The Hall–Kier alpha value is -2.19. The lowest BCUT2D eigenvalue weighted by Gasteiger charge is -2.42. The van der Waals surface area contributed by atoms with E-state index in [1.807, 2.05) is 12.1 Å². The molecule has 4 heterocycles. The zero-order valence-corrected chi connectivity index (χ0v) is 17.1. The quantitative estimate of drug-likeness (QED) is 0.849. The van der Waals surface area contributed by atoms with Gasteiger partial charge < -0.3 is 14.3 Å². The van der Waals surface area contributed by atoms with Crippen LogP contribution in [0.15, 0.2) is 22.8 Å². The van der Waals surface area contributed by atoms with Gasteiger partial charge >= 0.3 is 0 Å². The van der Waals surface area contributed by atoms with E-state index >= 15 is 0 Å². The molecule has 5 rings (SSSR count). The van der Waals surface area contributed by atoms with Crippen LogP contribution in [-0.2, 0) is 19.6 Å². The van der Waals surface area contributed by atoms with Crippen molar-refractivity contribution in [2.45, 2.75) is 69.7 Å². The lowest BCUT2D eigenvalue weighted by Crippen LogP contribution is -2.55. The van der Waals surface area contributed by atoms with Gasteiger partial charge in [-0.15, -0.1) is 10.2 Å². The topological polar surface area (TPSA) is 79.4 Å². The van der Waals surface area contributed by atoms with Crippen LogP contribution >= 0.6 is 0 Å². The molecule has 0 bridgehead atoms. The predicted molar refractivity (Wildman–Crippen MR) is 107 cm³/mol. The Morgan fingerprint density at radius 3 is 2.93 bits per heavy atom. The maximum absolute atomic E-state index is 12.9. The lowest BCUT2D eigenvalue weighted by atomic mass is 9.94. The largest absolute Gasteiger partial charge is 0.468 e. The van der Waals surface area contributed by atoms with E-state index in [1.165, 1.54) is 19.3 Å². The van der Waals surface area contributed by atoms with Crippen molar-refractivity contribution in [2.24, 2.45) is 0 Å². The molecule has 2 aromatic heterocycles. The summed E-state index contributed by atoms with van der Waals surface area (Å²) in [5.41, 5.74) is 0.00183. The van der Waals surface area contributed by atoms with Gasteiger partial charge in [0.2, 0.25) is 5.82 Å². The molecule has 1 spiro atoms. The van der Waals surface area contributed by atoms with Gasteiger partial charge in [-0.05, 0) is 38.4 Å². The van der Waals surface area contributed by atoms with E-state index in [9.17, 15) is 4.79 Å². The summed E-state index contributed by atoms with van der Waals surface area (Å²) in [5, 5.41) is 11.8. The van der Waals surface area contributed by atoms with Gasteiger partial charge in [0.1, 0.15) is 11.6 Å². The summed E-state index contributed by atoms with van der Waals surface area (Å²) in [5.74, 6) is 2.29. The van der Waals surface area contributed by atoms with E-state index in [-0.39, 0.29) is 17.5 Å². The van der Waals surface area contributed by atoms with Crippen LogP contribution in [0.3, 0.4) is 0 Å². The fourth-order valence-electron chi connectivity index (χ4n) is 5.22. The molecular weight excluding hydrogens is 368 g/mol. The smallest absolute Gasteiger partial charge is 0.289 e. The van der Waals surface area contributed by atoms with Gasteiger partial charge in [-0.25, -0.2) is 0 Å². The summed E-state index contributed by atoms with van der Waals surface area (Å²) >= 11 is 0. The van der Waals surface area contributed by atoms with Gasteiger partial charge in [0.05, 0.1) is 24.9 Å². The van der Waals surface area contributed by atoms with Crippen molar-refractivity contribution in [3.05, 3.63) is 35.8 Å². The van der Waals surface area contributed by atoms with Crippen LogP contribution in [0, 0.1) is 0 Å². The van der Waals surface area contributed by atoms with Crippen LogP contribution in [0.2, 0.25) is 0 Å². The molecule has 0 aromatic carbocycles. The molecule has 2 aliphatic heterocycles. The van der Waals surface area contributed by atoms with Crippen LogP contribution in [0.4, 0.5) is 0 Å². The fraction of sp³-hybridized carbons (Fsp3) is 0.667. The fourth-order valence-corrected chi connectivity index (χ4v) is 5.22. The van der Waals surface area contributed by atoms with Crippen LogP contribution in [0.25, 0.3) is 0 Å². The maximum Gasteiger partial charge on any atom is 0.289 e. The maximum atomic E-state index is 12.9. The van der Waals surface area contributed by atoms with E-state index in [1.54, 1.807) is 6.26 Å². The molecule has 2 fully saturated rings. The number of nitrogens with one attached hydrogen (secondary N) is 1. The summed E-state index contributed by atoms with van der Waals surface area (Å²) in [6, 6.07) is 4.25. The van der Waals surface area contributed by atoms with Crippen molar-refractivity contribution in [1.29, 1.82) is 0 Å². The number of aromatic nitrogens is 3. The first-order valence-corrected chi connectivity index (χ1v) is 10.8. The molecule has 1 saturated heterocycles. The highest BCUT2D eigenvalue weighted by Gasteiger charge is 2.46. The van der Waals surface area contributed by atoms with Gasteiger partial charge in [0.25, 0.3) is 5.91 Å². The van der Waals surface area contributed by atoms with E-state index in [0.717, 1.165) is 63.6 Å². The Balaban J connectivity index is 1.31. The number of likely N-dealkylation sites (N-methyl/N-ethyl adjacent to an activating group) is 1. The third kappa shape index (κ3) is 3.59. The molecule has 1 amide bonds. The number of likely N-dealkylation sites (tertiary alicyclic amines) is 1. The number of nitrogens with zero attached hydrogens (tertiary/aromatic N) is 5. The summed E-state index contributed by atoms with van der Waals surface area (Å²) in [4.78, 5) is 17.8. The second-order valence-electron chi connectivity index (χ2n) is 8.95. The number of fused-ring (bicyclic) bond motifs is 1. The van der Waals surface area contributed by atoms with Crippen LogP contribution in [0.1, 0.15) is 60.7 Å². The molecule has 8 nitrogen and oxygen atoms in total. The number of furan rings is 1. The molecule has 8 heteroatoms. The Labute approximate surface area is 171 Å². The van der Waals surface area contributed by atoms with Crippen molar-refractivity contribution in [3.8, 4) is 0 Å². The van der Waals surface area contributed by atoms with E-state index in [2.05, 4.69) is 36.9 Å². The summed E-state index contributed by atoms with van der Waals surface area (Å²) in [7, 11) is 2.16. The van der Waals surface area contributed by atoms with Gasteiger partial charge in [-0.2, -0.15) is 0 Å². The van der Waals surface area contributed by atoms with Crippen LogP contribution in [-0.4, -0.2) is 62.2 Å². The highest BCUT2D eigenvalue weighted by molar-refractivity contribution is 5.91. The zero-order chi connectivity index (χ0) is 19.8. The van der Waals surface area contributed by atoms with E-state index in [0.29, 0.717) is 5.82 Å². The van der Waals surface area contributed by atoms with E-state index in [4.69, 9.17) is 4.42 Å². The van der Waals surface area contributed by atoms with Crippen molar-refractivity contribution in [3.63, 3.8) is 0 Å². The predicted octanol–water partition coefficient (Wildman–Crippen LogP) is 2.02. The van der Waals surface area contributed by atoms with Crippen molar-refractivity contribution in [2.75, 3.05) is 20.1 Å². The zero-order valence-electron chi connectivity index (χ0n) is 17.1. The Bertz CT molecular complexity index is 857. The molecule has 2 aromatic rings. The number of hydrogen-bond donors (Lipinski definition) is 1. The second kappa shape index (κ2) is 7.57. The third-order valence-corrected chi connectivity index (χ3v) is 6.98. The average Bonchev–Trinajstić information content (AvgIpc) is 3.45. The minimum atomic E-state index is -0.0687. The summed E-state index contributed by atoms with van der Waals surface area (Å²) in [6.07, 6.45) is 8.60. The summed E-state index contributed by atoms with van der Waals surface area (Å²) in [6.45, 7) is 4.27. The highest BCUT2D eigenvalue weighted by Crippen LogP contribution is 2.34. The number of amides is 1. The molecule has 1 atom stereocenters. The third-order valence-electron chi connectivity index (χ3n) is 6.98. The number of hydrogen-bond acceptors (Lipinski definition) is 6. The van der Waals surface area contributed by atoms with Crippen LogP contribution < -0.4 is 5.32 Å². The van der Waals surface area contributed by atoms with Crippen molar-refractivity contribution < 1.29 is 9.21 Å². The number of rotatable bonds is 4. The van der Waals surface area contributed by atoms with Gasteiger partial charge in [-0.3, -0.25) is 14.6 Å². The number of carbonyl (C=O) groups is 1. The molecule has 1 aliphatic carbocycles. The minimum Gasteiger partial charge on any atom is -0.468 e. The molecule has 29 heavy (non-hydrogen) atoms. The molecule has 3 aliphatic rings. The SMILES string of the molecule is CN1Cc2nnc(C(=O)NC3CCCCC3)n2C[C@@]12CCN(Cc1ccco1)C2. The normalized spacial score (nSPS) is 26.1. The molecule has 156 valence electrons.